The molecule has 0 aromatic carbocycles. The maximum Gasteiger partial charge on any atom is 0.306 e. The fourth-order valence-corrected chi connectivity index (χ4v) is 5.93. The number of hydrogen-bond donors (Lipinski definition) is 4. The average molecular weight is 687 g/mol. The summed E-state index contributed by atoms with van der Waals surface area (Å²) in [6, 6.07) is 0. The van der Waals surface area contributed by atoms with Gasteiger partial charge in [0.15, 0.2) is 12.4 Å². The topological polar surface area (TPSA) is 152 Å². The van der Waals surface area contributed by atoms with Gasteiger partial charge < -0.3 is 39.4 Å². The molecule has 1 rings (SSSR count). The zero-order valence-electron chi connectivity index (χ0n) is 30.1. The second-order valence-corrected chi connectivity index (χ2v) is 13.5. The second kappa shape index (κ2) is 30.3. The summed E-state index contributed by atoms with van der Waals surface area (Å²) in [6.45, 7) is 4.89. The fraction of sp³-hybridized carbons (Fsp3) is 0.895. The van der Waals surface area contributed by atoms with Crippen LogP contribution in [0.15, 0.2) is 12.7 Å². The van der Waals surface area contributed by atoms with Crippen LogP contribution in [0, 0.1) is 0 Å². The van der Waals surface area contributed by atoms with Gasteiger partial charge in [-0.15, -0.1) is 6.58 Å². The Balaban J connectivity index is 2.36. The van der Waals surface area contributed by atoms with Gasteiger partial charge in [0.05, 0.1) is 13.2 Å². The van der Waals surface area contributed by atoms with Crippen molar-refractivity contribution in [3.63, 3.8) is 0 Å². The van der Waals surface area contributed by atoms with Crippen LogP contribution in [0.25, 0.3) is 0 Å². The highest BCUT2D eigenvalue weighted by Gasteiger charge is 2.44. The monoisotopic (exact) mass is 686 g/mol. The van der Waals surface area contributed by atoms with Gasteiger partial charge in [-0.3, -0.25) is 9.59 Å². The minimum absolute atomic E-state index is 0.214. The van der Waals surface area contributed by atoms with E-state index in [2.05, 4.69) is 13.5 Å². The van der Waals surface area contributed by atoms with Crippen molar-refractivity contribution in [1.82, 2.24) is 0 Å². The molecule has 2 unspecified atom stereocenters. The van der Waals surface area contributed by atoms with E-state index in [1.54, 1.807) is 0 Å². The largest absolute Gasteiger partial charge is 0.462 e. The van der Waals surface area contributed by atoms with E-state index in [-0.39, 0.29) is 32.0 Å². The summed E-state index contributed by atoms with van der Waals surface area (Å²) in [5.74, 6) is -0.810. The Bertz CT molecular complexity index is 791. The van der Waals surface area contributed by atoms with Gasteiger partial charge in [0.2, 0.25) is 0 Å². The van der Waals surface area contributed by atoms with Crippen LogP contribution in [0.1, 0.15) is 161 Å². The highest BCUT2D eigenvalue weighted by atomic mass is 16.7. The van der Waals surface area contributed by atoms with Gasteiger partial charge in [0, 0.05) is 12.8 Å². The molecule has 1 fully saturated rings. The molecule has 0 aliphatic carbocycles. The molecule has 48 heavy (non-hydrogen) atoms. The lowest BCUT2D eigenvalue weighted by Gasteiger charge is -2.39. The molecule has 1 saturated heterocycles. The summed E-state index contributed by atoms with van der Waals surface area (Å²) in [7, 11) is 0. The molecule has 0 radical (unpaired) electrons. The lowest BCUT2D eigenvalue weighted by molar-refractivity contribution is -0.305. The van der Waals surface area contributed by atoms with Gasteiger partial charge in [-0.25, -0.2) is 0 Å². The number of aliphatic hydroxyl groups is 4. The smallest absolute Gasteiger partial charge is 0.306 e. The van der Waals surface area contributed by atoms with E-state index in [9.17, 15) is 30.0 Å². The Morgan fingerprint density at radius 2 is 1.15 bits per heavy atom. The summed E-state index contributed by atoms with van der Waals surface area (Å²) >= 11 is 0. The maximum atomic E-state index is 12.7. The van der Waals surface area contributed by atoms with Gasteiger partial charge in [0.1, 0.15) is 31.0 Å². The SMILES string of the molecule is C=CCCCCCCCCCCCCCCCC(=O)O[C@H](COC(=O)CCCCCCCCCC)CO[C@@H]1O[C@H](CO)[C@H](O)C(O)C1O. The third-order valence-electron chi connectivity index (χ3n) is 9.05. The van der Waals surface area contributed by atoms with Crippen molar-refractivity contribution in [3.05, 3.63) is 12.7 Å². The molecule has 282 valence electrons. The number of unbranched alkanes of at least 4 members (excludes halogenated alkanes) is 20. The van der Waals surface area contributed by atoms with E-state index in [1.807, 2.05) is 6.08 Å². The average Bonchev–Trinajstić information content (AvgIpc) is 3.08. The zero-order valence-corrected chi connectivity index (χ0v) is 30.1. The molecule has 10 heteroatoms. The first kappa shape index (κ1) is 44.5. The third-order valence-corrected chi connectivity index (χ3v) is 9.05. The van der Waals surface area contributed by atoms with Crippen LogP contribution in [-0.2, 0) is 28.5 Å². The molecule has 0 spiro atoms. The molecule has 6 atom stereocenters. The Hall–Kier alpha value is -1.56. The Morgan fingerprint density at radius 1 is 0.667 bits per heavy atom. The first-order valence-corrected chi connectivity index (χ1v) is 19.2. The van der Waals surface area contributed by atoms with Gasteiger partial charge >= 0.3 is 11.9 Å². The number of aliphatic hydroxyl groups excluding tert-OH is 4. The summed E-state index contributed by atoms with van der Waals surface area (Å²) in [5, 5.41) is 39.8. The zero-order chi connectivity index (χ0) is 35.2. The molecule has 0 aromatic rings. The van der Waals surface area contributed by atoms with Crippen LogP contribution in [0.5, 0.6) is 0 Å². The lowest BCUT2D eigenvalue weighted by Crippen LogP contribution is -2.59. The predicted octanol–water partition coefficient (Wildman–Crippen LogP) is 6.83. The summed E-state index contributed by atoms with van der Waals surface area (Å²) in [4.78, 5) is 25.1. The number of hydrogen-bond acceptors (Lipinski definition) is 10. The van der Waals surface area contributed by atoms with Crippen LogP contribution in [0.3, 0.4) is 0 Å². The molecule has 0 aromatic heterocycles. The van der Waals surface area contributed by atoms with Gasteiger partial charge in [-0.05, 0) is 25.7 Å². The summed E-state index contributed by atoms with van der Waals surface area (Å²) in [6.07, 6.45) is 19.9. The first-order valence-electron chi connectivity index (χ1n) is 19.2. The Labute approximate surface area is 291 Å². The van der Waals surface area contributed by atoms with Crippen molar-refractivity contribution in [2.75, 3.05) is 19.8 Å². The minimum Gasteiger partial charge on any atom is -0.462 e. The van der Waals surface area contributed by atoms with Crippen molar-refractivity contribution in [1.29, 1.82) is 0 Å². The standard InChI is InChI=1S/C38H70O10/c1-3-5-7-9-11-13-14-15-16-17-18-19-21-23-25-27-34(41)47-31(29-45-33(40)26-24-22-20-12-10-8-6-4-2)30-46-38-37(44)36(43)35(42)32(28-39)48-38/h3,31-32,35-39,42-44H,1,4-30H2,2H3/t31-,32-,35+,36?,37?,38-/m1/s1. The van der Waals surface area contributed by atoms with Crippen LogP contribution < -0.4 is 0 Å². The molecule has 0 amide bonds. The molecule has 0 saturated carbocycles. The predicted molar refractivity (Wildman–Crippen MR) is 187 cm³/mol. The maximum absolute atomic E-state index is 12.7. The highest BCUT2D eigenvalue weighted by molar-refractivity contribution is 5.70. The van der Waals surface area contributed by atoms with Crippen molar-refractivity contribution in [3.8, 4) is 0 Å². The van der Waals surface area contributed by atoms with E-state index in [4.69, 9.17) is 18.9 Å². The van der Waals surface area contributed by atoms with Crippen LogP contribution in [-0.4, -0.2) is 89.0 Å². The molecule has 1 aliphatic heterocycles. The molecule has 1 aliphatic rings. The minimum atomic E-state index is -1.59. The lowest BCUT2D eigenvalue weighted by atomic mass is 9.99. The van der Waals surface area contributed by atoms with Gasteiger partial charge in [-0.2, -0.15) is 0 Å². The molecule has 1 heterocycles. The highest BCUT2D eigenvalue weighted by Crippen LogP contribution is 2.22. The number of carbonyl (C=O) groups excluding carboxylic acids is 2. The van der Waals surface area contributed by atoms with Crippen LogP contribution in [0.2, 0.25) is 0 Å². The number of esters is 2. The van der Waals surface area contributed by atoms with Crippen LogP contribution >= 0.6 is 0 Å². The van der Waals surface area contributed by atoms with Gasteiger partial charge in [-0.1, -0.05) is 129 Å². The van der Waals surface area contributed by atoms with E-state index in [1.165, 1.54) is 89.9 Å². The molecular weight excluding hydrogens is 616 g/mol. The molecule has 4 N–H and O–H groups in total. The summed E-state index contributed by atoms with van der Waals surface area (Å²) in [5.41, 5.74) is 0. The third kappa shape index (κ3) is 22.2. The number of carbonyl (C=O) groups is 2. The first-order chi connectivity index (χ1) is 23.3. The van der Waals surface area contributed by atoms with E-state index >= 15 is 0 Å². The fourth-order valence-electron chi connectivity index (χ4n) is 5.93. The Kier molecular flexibility index (Phi) is 28.0. The second-order valence-electron chi connectivity index (χ2n) is 13.5. The number of ether oxygens (including phenoxy) is 4. The van der Waals surface area contributed by atoms with Gasteiger partial charge in [0.25, 0.3) is 0 Å². The Morgan fingerprint density at radius 3 is 1.65 bits per heavy atom. The summed E-state index contributed by atoms with van der Waals surface area (Å²) < 4.78 is 22.0. The van der Waals surface area contributed by atoms with Crippen molar-refractivity contribution in [2.24, 2.45) is 0 Å². The van der Waals surface area contributed by atoms with E-state index < -0.39 is 49.4 Å². The van der Waals surface area contributed by atoms with Crippen molar-refractivity contribution in [2.45, 2.75) is 198 Å². The van der Waals surface area contributed by atoms with E-state index in [0.29, 0.717) is 6.42 Å². The van der Waals surface area contributed by atoms with Crippen LogP contribution in [0.4, 0.5) is 0 Å². The number of allylic oxidation sites excluding steroid dienone is 1. The quantitative estimate of drug-likeness (QED) is 0.0337. The molecule has 0 bridgehead atoms. The van der Waals surface area contributed by atoms with Crippen molar-refractivity contribution >= 4 is 11.9 Å². The number of rotatable bonds is 32. The molecular formula is C38H70O10. The van der Waals surface area contributed by atoms with E-state index in [0.717, 1.165) is 44.9 Å². The normalized spacial score (nSPS) is 21.6. The van der Waals surface area contributed by atoms with Crippen molar-refractivity contribution < 1.29 is 49.0 Å². The molecule has 10 nitrogen and oxygen atoms in total.